The highest BCUT2D eigenvalue weighted by molar-refractivity contribution is 5.72. The van der Waals surface area contributed by atoms with Gasteiger partial charge in [0.25, 0.3) is 0 Å². The maximum Gasteiger partial charge on any atom is 0.416 e. The first-order valence-corrected chi connectivity index (χ1v) is 13.6. The highest BCUT2D eigenvalue weighted by atomic mass is 19.4. The van der Waals surface area contributed by atoms with Gasteiger partial charge in [-0.2, -0.15) is 13.2 Å². The number of carbonyl (C=O) groups is 1. The number of esters is 1. The molecule has 4 fully saturated rings. The van der Waals surface area contributed by atoms with Crippen molar-refractivity contribution in [3.63, 3.8) is 0 Å². The zero-order valence-corrected chi connectivity index (χ0v) is 21.3. The van der Waals surface area contributed by atoms with Gasteiger partial charge < -0.3 is 28.4 Å². The van der Waals surface area contributed by atoms with Crippen LogP contribution in [0, 0.1) is 11.8 Å². The van der Waals surface area contributed by atoms with Crippen LogP contribution < -0.4 is 4.74 Å². The molecular formula is C28H35F3O7. The molecule has 10 heteroatoms. The lowest BCUT2D eigenvalue weighted by Gasteiger charge is -2.33. The summed E-state index contributed by atoms with van der Waals surface area (Å²) in [5, 5.41) is 0. The van der Waals surface area contributed by atoms with E-state index < -0.39 is 18.0 Å². The molecule has 1 saturated carbocycles. The molecule has 210 valence electrons. The molecule has 0 spiro atoms. The van der Waals surface area contributed by atoms with Crippen LogP contribution >= 0.6 is 0 Å². The SMILES string of the molecule is O=C1C[C@H]2[C@H](/C(=C\CCOc3cccc(C(F)(F)F)c3)OC3CCCCO3)[C@H](OC3CCCCO3)C[C@H]2O1. The van der Waals surface area contributed by atoms with E-state index >= 15 is 0 Å². The Bertz CT molecular complexity index is 969. The van der Waals surface area contributed by atoms with E-state index in [2.05, 4.69) is 0 Å². The molecule has 38 heavy (non-hydrogen) atoms. The summed E-state index contributed by atoms with van der Waals surface area (Å²) in [6, 6.07) is 4.84. The lowest BCUT2D eigenvalue weighted by atomic mass is 9.89. The van der Waals surface area contributed by atoms with Crippen LogP contribution in [0.4, 0.5) is 13.2 Å². The van der Waals surface area contributed by atoms with E-state index in [4.69, 9.17) is 28.4 Å². The van der Waals surface area contributed by atoms with E-state index in [1.165, 1.54) is 12.1 Å². The molecule has 1 aromatic carbocycles. The van der Waals surface area contributed by atoms with Crippen molar-refractivity contribution in [3.8, 4) is 5.75 Å². The van der Waals surface area contributed by atoms with Gasteiger partial charge in [0.1, 0.15) is 17.6 Å². The predicted molar refractivity (Wildman–Crippen MR) is 129 cm³/mol. The molecular weight excluding hydrogens is 505 g/mol. The van der Waals surface area contributed by atoms with Gasteiger partial charge in [-0.3, -0.25) is 4.79 Å². The number of ether oxygens (including phenoxy) is 6. The third-order valence-electron chi connectivity index (χ3n) is 7.58. The number of fused-ring (bicyclic) bond motifs is 1. The van der Waals surface area contributed by atoms with Crippen molar-refractivity contribution in [2.45, 2.75) is 88.8 Å². The van der Waals surface area contributed by atoms with Gasteiger partial charge in [-0.25, -0.2) is 0 Å². The Balaban J connectivity index is 1.31. The monoisotopic (exact) mass is 540 g/mol. The molecule has 3 saturated heterocycles. The van der Waals surface area contributed by atoms with Crippen LogP contribution in [0.2, 0.25) is 0 Å². The van der Waals surface area contributed by atoms with E-state index in [9.17, 15) is 18.0 Å². The fourth-order valence-electron chi connectivity index (χ4n) is 5.77. The highest BCUT2D eigenvalue weighted by Gasteiger charge is 2.53. The smallest absolute Gasteiger partial charge is 0.416 e. The Labute approximate surface area is 220 Å². The summed E-state index contributed by atoms with van der Waals surface area (Å²) in [7, 11) is 0. The van der Waals surface area contributed by atoms with E-state index in [1.54, 1.807) is 0 Å². The van der Waals surface area contributed by atoms with Crippen LogP contribution in [0.1, 0.15) is 63.4 Å². The Hall–Kier alpha value is -2.30. The fourth-order valence-corrected chi connectivity index (χ4v) is 5.77. The first-order chi connectivity index (χ1) is 18.4. The Morgan fingerprint density at radius 1 is 1.05 bits per heavy atom. The van der Waals surface area contributed by atoms with E-state index in [0.29, 0.717) is 31.8 Å². The largest absolute Gasteiger partial charge is 0.493 e. The maximum absolute atomic E-state index is 13.0. The minimum atomic E-state index is -4.43. The summed E-state index contributed by atoms with van der Waals surface area (Å²) in [4.78, 5) is 12.2. The molecule has 1 aliphatic carbocycles. The second-order valence-electron chi connectivity index (χ2n) is 10.3. The van der Waals surface area contributed by atoms with Crippen molar-refractivity contribution in [2.24, 2.45) is 11.8 Å². The summed E-state index contributed by atoms with van der Waals surface area (Å²) in [5.41, 5.74) is -0.753. The second-order valence-corrected chi connectivity index (χ2v) is 10.3. The summed E-state index contributed by atoms with van der Waals surface area (Å²) < 4.78 is 74.9. The van der Waals surface area contributed by atoms with Crippen LogP contribution in [0.25, 0.3) is 0 Å². The van der Waals surface area contributed by atoms with Gasteiger partial charge in [-0.15, -0.1) is 0 Å². The molecule has 3 aliphatic heterocycles. The molecule has 4 aliphatic rings. The highest BCUT2D eigenvalue weighted by Crippen LogP contribution is 2.47. The first-order valence-electron chi connectivity index (χ1n) is 13.6. The summed E-state index contributed by atoms with van der Waals surface area (Å²) in [5.74, 6) is 0.277. The number of carbonyl (C=O) groups excluding carboxylic acids is 1. The summed E-state index contributed by atoms with van der Waals surface area (Å²) >= 11 is 0. The predicted octanol–water partition coefficient (Wildman–Crippen LogP) is 5.76. The van der Waals surface area contributed by atoms with Crippen LogP contribution in [0.3, 0.4) is 0 Å². The molecule has 0 amide bonds. The average molecular weight is 541 g/mol. The fraction of sp³-hybridized carbons (Fsp3) is 0.679. The van der Waals surface area contributed by atoms with Crippen molar-refractivity contribution in [1.29, 1.82) is 0 Å². The van der Waals surface area contributed by atoms with Crippen molar-refractivity contribution in [3.05, 3.63) is 41.7 Å². The van der Waals surface area contributed by atoms with Crippen molar-refractivity contribution in [2.75, 3.05) is 19.8 Å². The number of hydrogen-bond donors (Lipinski definition) is 0. The number of alkyl halides is 3. The molecule has 3 heterocycles. The molecule has 0 radical (unpaired) electrons. The number of benzene rings is 1. The Kier molecular flexibility index (Phi) is 8.80. The van der Waals surface area contributed by atoms with E-state index in [1.807, 2.05) is 6.08 Å². The lowest BCUT2D eigenvalue weighted by Crippen LogP contribution is -2.34. The zero-order valence-electron chi connectivity index (χ0n) is 21.3. The molecule has 0 N–H and O–H groups in total. The lowest BCUT2D eigenvalue weighted by molar-refractivity contribution is -0.201. The van der Waals surface area contributed by atoms with Crippen LogP contribution in [0.15, 0.2) is 36.1 Å². The van der Waals surface area contributed by atoms with Gasteiger partial charge in [-0.05, 0) is 56.4 Å². The van der Waals surface area contributed by atoms with Gasteiger partial charge >= 0.3 is 12.1 Å². The molecule has 5 rings (SSSR count). The maximum atomic E-state index is 13.0. The zero-order chi connectivity index (χ0) is 26.5. The van der Waals surface area contributed by atoms with Gasteiger partial charge in [0.05, 0.1) is 31.3 Å². The molecule has 0 bridgehead atoms. The van der Waals surface area contributed by atoms with Crippen molar-refractivity contribution in [1.82, 2.24) is 0 Å². The normalized spacial score (nSPS) is 32.1. The second kappa shape index (κ2) is 12.3. The average Bonchev–Trinajstić information content (AvgIpc) is 3.42. The first kappa shape index (κ1) is 27.3. The van der Waals surface area contributed by atoms with Crippen molar-refractivity contribution < 1.29 is 46.4 Å². The number of rotatable bonds is 9. The number of hydrogen-bond acceptors (Lipinski definition) is 7. The van der Waals surface area contributed by atoms with Crippen LogP contribution in [0.5, 0.6) is 5.75 Å². The third-order valence-corrected chi connectivity index (χ3v) is 7.58. The Morgan fingerprint density at radius 3 is 2.53 bits per heavy atom. The van der Waals surface area contributed by atoms with Gasteiger partial charge in [-0.1, -0.05) is 6.07 Å². The molecule has 7 nitrogen and oxygen atoms in total. The molecule has 2 unspecified atom stereocenters. The van der Waals surface area contributed by atoms with Crippen LogP contribution in [-0.4, -0.2) is 50.6 Å². The molecule has 6 atom stereocenters. The standard InChI is InChI=1S/C28H35F3O7/c29-28(30,31)18-7-5-8-19(15-18)33-14-6-9-21(37-25-10-1-3-12-34-25)27-20-16-24(32)36-22(20)17-23(27)38-26-11-2-4-13-35-26/h5,7-9,15,20,22-23,25-27H,1-4,6,10-14,16-17H2/b21-9+/t20-,22-,23-,25?,26?,27-/m1/s1. The number of halogens is 3. The van der Waals surface area contributed by atoms with E-state index in [0.717, 1.165) is 50.7 Å². The topological polar surface area (TPSA) is 72.5 Å². The van der Waals surface area contributed by atoms with Crippen molar-refractivity contribution >= 4 is 5.97 Å². The van der Waals surface area contributed by atoms with Gasteiger partial charge in [0.2, 0.25) is 0 Å². The van der Waals surface area contributed by atoms with Gasteiger partial charge in [0.15, 0.2) is 12.6 Å². The third kappa shape index (κ3) is 6.82. The molecule has 0 aromatic heterocycles. The van der Waals surface area contributed by atoms with Crippen LogP contribution in [-0.2, 0) is 34.7 Å². The summed E-state index contributed by atoms with van der Waals surface area (Å²) in [6.45, 7) is 1.43. The minimum Gasteiger partial charge on any atom is -0.493 e. The minimum absolute atomic E-state index is 0.0877. The summed E-state index contributed by atoms with van der Waals surface area (Å²) in [6.07, 6.45) is 3.09. The van der Waals surface area contributed by atoms with E-state index in [-0.39, 0.29) is 55.1 Å². The Morgan fingerprint density at radius 2 is 1.82 bits per heavy atom. The van der Waals surface area contributed by atoms with Gasteiger partial charge in [0, 0.05) is 37.7 Å². The quantitative estimate of drug-likeness (QED) is 0.224. The molecule has 1 aromatic rings.